The van der Waals surface area contributed by atoms with Gasteiger partial charge in [0.15, 0.2) is 0 Å². The second-order valence-electron chi connectivity index (χ2n) is 4.87. The van der Waals surface area contributed by atoms with Gasteiger partial charge < -0.3 is 4.74 Å². The van der Waals surface area contributed by atoms with E-state index in [0.717, 1.165) is 25.0 Å². The maximum Gasteiger partial charge on any atom is 0.235 e. The smallest absolute Gasteiger partial charge is 0.235 e. The summed E-state index contributed by atoms with van der Waals surface area (Å²) in [7, 11) is 1.69. The topological polar surface area (TPSA) is 38.7 Å². The summed E-state index contributed by atoms with van der Waals surface area (Å²) in [5.41, 5.74) is 2.53. The average Bonchev–Trinajstić information content (AvgIpc) is 2.46. The first-order chi connectivity index (χ1) is 9.33. The molecule has 0 aromatic heterocycles. The summed E-state index contributed by atoms with van der Waals surface area (Å²) in [5, 5.41) is 2.49. The molecule has 1 unspecified atom stereocenters. The van der Waals surface area contributed by atoms with Gasteiger partial charge in [0.05, 0.1) is 13.2 Å². The summed E-state index contributed by atoms with van der Waals surface area (Å²) < 4.78 is 5.51. The second-order valence-corrected chi connectivity index (χ2v) is 4.87. The molecular formula is C16H15NO2. The highest BCUT2D eigenvalue weighted by atomic mass is 16.5. The van der Waals surface area contributed by atoms with E-state index in [9.17, 15) is 4.79 Å². The van der Waals surface area contributed by atoms with Gasteiger partial charge >= 0.3 is 0 Å². The number of hydrogen-bond acceptors (Lipinski definition) is 3. The van der Waals surface area contributed by atoms with E-state index in [0.29, 0.717) is 0 Å². The summed E-state index contributed by atoms with van der Waals surface area (Å²) in [6.07, 6.45) is 4.28. The molecule has 3 heteroatoms. The fourth-order valence-corrected chi connectivity index (χ4v) is 2.96. The standard InChI is InChI=1S/C16H15NO2/c1-19-16-8-11-4-2-3-5-13(11)14-7-6-12(17-10-18)9-15(14)16/h2-5,8,12H,6-7,9H2,1H3. The molecule has 0 N–H and O–H groups in total. The highest BCUT2D eigenvalue weighted by Gasteiger charge is 2.23. The van der Waals surface area contributed by atoms with Crippen molar-refractivity contribution >= 4 is 16.9 Å². The summed E-state index contributed by atoms with van der Waals surface area (Å²) >= 11 is 0. The highest BCUT2D eigenvalue weighted by molar-refractivity contribution is 5.89. The predicted molar refractivity (Wildman–Crippen MR) is 74.4 cm³/mol. The lowest BCUT2D eigenvalue weighted by Gasteiger charge is -2.24. The molecule has 2 aromatic carbocycles. The van der Waals surface area contributed by atoms with Gasteiger partial charge in [0.25, 0.3) is 0 Å². The van der Waals surface area contributed by atoms with Crippen molar-refractivity contribution in [2.24, 2.45) is 4.99 Å². The van der Waals surface area contributed by atoms with Crippen LogP contribution in [0.15, 0.2) is 35.3 Å². The molecule has 0 fully saturated rings. The molecular weight excluding hydrogens is 238 g/mol. The van der Waals surface area contributed by atoms with Gasteiger partial charge in [0.1, 0.15) is 5.75 Å². The van der Waals surface area contributed by atoms with Crippen molar-refractivity contribution < 1.29 is 9.53 Å². The lowest BCUT2D eigenvalue weighted by molar-refractivity contribution is 0.404. The number of carbonyl (C=O) groups excluding carboxylic acids is 1. The third-order valence-electron chi connectivity index (χ3n) is 3.86. The quantitative estimate of drug-likeness (QED) is 0.609. The minimum atomic E-state index is 0.0417. The van der Waals surface area contributed by atoms with Gasteiger partial charge in [0, 0.05) is 5.56 Å². The van der Waals surface area contributed by atoms with Crippen LogP contribution in [0.3, 0.4) is 0 Å². The lowest BCUT2D eigenvalue weighted by atomic mass is 9.84. The minimum Gasteiger partial charge on any atom is -0.496 e. The third-order valence-corrected chi connectivity index (χ3v) is 3.86. The van der Waals surface area contributed by atoms with E-state index < -0.39 is 0 Å². The first-order valence-corrected chi connectivity index (χ1v) is 6.48. The molecule has 0 saturated heterocycles. The van der Waals surface area contributed by atoms with Crippen molar-refractivity contribution in [3.63, 3.8) is 0 Å². The van der Waals surface area contributed by atoms with E-state index in [1.54, 1.807) is 13.2 Å². The summed E-state index contributed by atoms with van der Waals surface area (Å²) in [5.74, 6) is 0.902. The molecule has 0 aliphatic heterocycles. The zero-order chi connectivity index (χ0) is 13.2. The van der Waals surface area contributed by atoms with E-state index in [-0.39, 0.29) is 6.04 Å². The molecule has 1 aliphatic carbocycles. The maximum absolute atomic E-state index is 10.4. The van der Waals surface area contributed by atoms with Crippen LogP contribution in [0.5, 0.6) is 5.75 Å². The van der Waals surface area contributed by atoms with E-state index in [2.05, 4.69) is 29.3 Å². The molecule has 1 atom stereocenters. The number of fused-ring (bicyclic) bond motifs is 3. The van der Waals surface area contributed by atoms with Crippen LogP contribution in [0, 0.1) is 0 Å². The first-order valence-electron chi connectivity index (χ1n) is 6.48. The Balaban J connectivity index is 2.20. The predicted octanol–water partition coefficient (Wildman–Crippen LogP) is 3.04. The lowest BCUT2D eigenvalue weighted by Crippen LogP contribution is -2.18. The van der Waals surface area contributed by atoms with E-state index in [4.69, 9.17) is 4.74 Å². The third kappa shape index (κ3) is 2.02. The van der Waals surface area contributed by atoms with Crippen LogP contribution in [-0.4, -0.2) is 19.2 Å². The number of methoxy groups -OCH3 is 1. The number of aliphatic imine (C=N–C) groups is 1. The van der Waals surface area contributed by atoms with Gasteiger partial charge in [-0.2, -0.15) is 0 Å². The molecule has 19 heavy (non-hydrogen) atoms. The Labute approximate surface area is 111 Å². The molecule has 3 nitrogen and oxygen atoms in total. The SMILES string of the molecule is COc1cc2ccccc2c2c1CC(N=C=O)CC2. The van der Waals surface area contributed by atoms with Crippen LogP contribution < -0.4 is 4.74 Å². The highest BCUT2D eigenvalue weighted by Crippen LogP contribution is 2.36. The zero-order valence-electron chi connectivity index (χ0n) is 10.8. The molecule has 0 radical (unpaired) electrons. The van der Waals surface area contributed by atoms with Crippen molar-refractivity contribution in [3.8, 4) is 5.75 Å². The van der Waals surface area contributed by atoms with Crippen molar-refractivity contribution in [2.45, 2.75) is 25.3 Å². The summed E-state index contributed by atoms with van der Waals surface area (Å²) in [6.45, 7) is 0. The van der Waals surface area contributed by atoms with Gasteiger partial charge in [-0.3, -0.25) is 0 Å². The van der Waals surface area contributed by atoms with Crippen LogP contribution in [0.1, 0.15) is 17.5 Å². The van der Waals surface area contributed by atoms with E-state index >= 15 is 0 Å². The Bertz CT molecular complexity index is 672. The molecule has 1 aliphatic rings. The Morgan fingerprint density at radius 3 is 2.95 bits per heavy atom. The molecule has 0 heterocycles. The molecule has 0 amide bonds. The number of rotatable bonds is 2. The molecule has 3 rings (SSSR count). The normalized spacial score (nSPS) is 17.6. The molecule has 96 valence electrons. The van der Waals surface area contributed by atoms with Crippen molar-refractivity contribution in [3.05, 3.63) is 41.5 Å². The maximum atomic E-state index is 10.4. The Kier molecular flexibility index (Phi) is 3.06. The Morgan fingerprint density at radius 1 is 1.32 bits per heavy atom. The Hall–Kier alpha value is -2.12. The summed E-state index contributed by atoms with van der Waals surface area (Å²) in [6, 6.07) is 10.5. The molecule has 0 saturated carbocycles. The fourth-order valence-electron chi connectivity index (χ4n) is 2.96. The Morgan fingerprint density at radius 2 is 2.16 bits per heavy atom. The molecule has 2 aromatic rings. The number of ether oxygens (including phenoxy) is 1. The number of nitrogens with zero attached hydrogens (tertiary/aromatic N) is 1. The average molecular weight is 253 g/mol. The van der Waals surface area contributed by atoms with Crippen LogP contribution in [0.25, 0.3) is 10.8 Å². The van der Waals surface area contributed by atoms with Gasteiger partial charge in [0.2, 0.25) is 6.08 Å². The first kappa shape index (κ1) is 11.9. The minimum absolute atomic E-state index is 0.0417. The molecule has 0 spiro atoms. The van der Waals surface area contributed by atoms with Crippen LogP contribution in [-0.2, 0) is 17.6 Å². The van der Waals surface area contributed by atoms with Crippen LogP contribution >= 0.6 is 0 Å². The van der Waals surface area contributed by atoms with Gasteiger partial charge in [-0.25, -0.2) is 9.79 Å². The fraction of sp³-hybridized carbons (Fsp3) is 0.312. The van der Waals surface area contributed by atoms with Gasteiger partial charge in [-0.05, 0) is 41.7 Å². The van der Waals surface area contributed by atoms with E-state index in [1.807, 2.05) is 6.07 Å². The summed E-state index contributed by atoms with van der Waals surface area (Å²) in [4.78, 5) is 14.3. The van der Waals surface area contributed by atoms with E-state index in [1.165, 1.54) is 21.9 Å². The largest absolute Gasteiger partial charge is 0.496 e. The number of aryl methyl sites for hydroxylation is 1. The van der Waals surface area contributed by atoms with Crippen molar-refractivity contribution in [2.75, 3.05) is 7.11 Å². The number of isocyanates is 1. The number of hydrogen-bond donors (Lipinski definition) is 0. The van der Waals surface area contributed by atoms with Crippen molar-refractivity contribution in [1.29, 1.82) is 0 Å². The monoisotopic (exact) mass is 253 g/mol. The van der Waals surface area contributed by atoms with Crippen molar-refractivity contribution in [1.82, 2.24) is 0 Å². The van der Waals surface area contributed by atoms with Gasteiger partial charge in [-0.15, -0.1) is 0 Å². The zero-order valence-corrected chi connectivity index (χ0v) is 10.8. The van der Waals surface area contributed by atoms with Crippen LogP contribution in [0.2, 0.25) is 0 Å². The molecule has 0 bridgehead atoms. The number of benzene rings is 2. The van der Waals surface area contributed by atoms with Gasteiger partial charge in [-0.1, -0.05) is 24.3 Å². The van der Waals surface area contributed by atoms with Crippen LogP contribution in [0.4, 0.5) is 0 Å². The second kappa shape index (κ2) is 4.87.